The van der Waals surface area contributed by atoms with Crippen LogP contribution in [-0.2, 0) is 0 Å². The first-order valence-electron chi connectivity index (χ1n) is 7.23. The summed E-state index contributed by atoms with van der Waals surface area (Å²) in [6, 6.07) is 15.0. The van der Waals surface area contributed by atoms with Crippen molar-refractivity contribution in [1.29, 1.82) is 0 Å². The summed E-state index contributed by atoms with van der Waals surface area (Å²) in [5.41, 5.74) is 5.28. The molecule has 3 heteroatoms. The van der Waals surface area contributed by atoms with E-state index in [1.54, 1.807) is 12.1 Å². The lowest BCUT2D eigenvalue weighted by molar-refractivity contribution is 0.629. The van der Waals surface area contributed by atoms with Crippen LogP contribution in [0.3, 0.4) is 0 Å². The van der Waals surface area contributed by atoms with Crippen molar-refractivity contribution in [1.82, 2.24) is 4.98 Å². The Labute approximate surface area is 125 Å². The summed E-state index contributed by atoms with van der Waals surface area (Å²) in [5.74, 6) is 0.0945. The summed E-state index contributed by atoms with van der Waals surface area (Å²) >= 11 is 0. The van der Waals surface area contributed by atoms with Gasteiger partial charge in [-0.1, -0.05) is 37.3 Å². The van der Waals surface area contributed by atoms with Gasteiger partial charge in [-0.05, 0) is 42.1 Å². The minimum atomic E-state index is -0.219. The van der Waals surface area contributed by atoms with Crippen molar-refractivity contribution in [2.75, 3.05) is 0 Å². The highest BCUT2D eigenvalue weighted by molar-refractivity contribution is 6.13. The molecule has 0 spiro atoms. The minimum Gasteiger partial charge on any atom is -0.253 e. The first-order chi connectivity index (χ1) is 10.1. The fraction of sp³-hybridized carbons (Fsp3) is 0.167. The molecule has 1 atom stereocenters. The van der Waals surface area contributed by atoms with Crippen LogP contribution < -0.4 is 0 Å². The maximum Gasteiger partial charge on any atom is 0.123 e. The zero-order valence-electron chi connectivity index (χ0n) is 12.5. The van der Waals surface area contributed by atoms with E-state index in [0.29, 0.717) is 5.82 Å². The van der Waals surface area contributed by atoms with Gasteiger partial charge >= 0.3 is 0 Å². The summed E-state index contributed by atoms with van der Waals surface area (Å²) in [6.07, 6.45) is 0. The molecule has 0 fully saturated rings. The lowest BCUT2D eigenvalue weighted by atomic mass is 9.81. The highest BCUT2D eigenvalue weighted by atomic mass is 19.1. The van der Waals surface area contributed by atoms with Crippen molar-refractivity contribution in [2.45, 2.75) is 19.7 Å². The highest BCUT2D eigenvalue weighted by Crippen LogP contribution is 2.34. The second-order valence-corrected chi connectivity index (χ2v) is 5.68. The van der Waals surface area contributed by atoms with E-state index in [1.165, 1.54) is 6.07 Å². The molecule has 0 aliphatic carbocycles. The van der Waals surface area contributed by atoms with E-state index in [9.17, 15) is 4.39 Å². The van der Waals surface area contributed by atoms with Crippen LogP contribution in [0, 0.1) is 12.7 Å². The molecule has 0 aliphatic rings. The summed E-state index contributed by atoms with van der Waals surface area (Å²) in [4.78, 5) is 4.79. The summed E-state index contributed by atoms with van der Waals surface area (Å²) in [7, 11) is 2.14. The van der Waals surface area contributed by atoms with Gasteiger partial charge in [0.05, 0.1) is 5.52 Å². The predicted molar refractivity (Wildman–Crippen MR) is 88.8 cm³/mol. The molecule has 0 N–H and O–H groups in total. The smallest absolute Gasteiger partial charge is 0.123 e. The van der Waals surface area contributed by atoms with E-state index in [2.05, 4.69) is 33.8 Å². The number of halogens is 1. The number of nitrogens with zero attached hydrogens (tertiary/aromatic N) is 1. The quantitative estimate of drug-likeness (QED) is 0.644. The molecule has 1 heterocycles. The van der Waals surface area contributed by atoms with Gasteiger partial charge in [0.1, 0.15) is 13.7 Å². The molecule has 0 radical (unpaired) electrons. The molecule has 0 saturated carbocycles. The number of hydrogen-bond acceptors (Lipinski definition) is 1. The molecule has 1 aromatic heterocycles. The number of pyridine rings is 1. The Bertz CT molecular complexity index is 797. The van der Waals surface area contributed by atoms with Gasteiger partial charge in [0, 0.05) is 16.6 Å². The van der Waals surface area contributed by atoms with Gasteiger partial charge in [-0.3, -0.25) is 4.98 Å². The average Bonchev–Trinajstić information content (AvgIpc) is 2.48. The minimum absolute atomic E-state index is 0.219. The Balaban J connectivity index is 2.40. The van der Waals surface area contributed by atoms with Gasteiger partial charge in [0.15, 0.2) is 0 Å². The highest BCUT2D eigenvalue weighted by Gasteiger charge is 2.16. The van der Waals surface area contributed by atoms with Crippen LogP contribution >= 0.6 is 0 Å². The van der Waals surface area contributed by atoms with Crippen molar-refractivity contribution in [3.63, 3.8) is 0 Å². The van der Waals surface area contributed by atoms with Crippen molar-refractivity contribution in [3.05, 3.63) is 65.6 Å². The fourth-order valence-electron chi connectivity index (χ4n) is 2.81. The predicted octanol–water partition coefficient (Wildman–Crippen LogP) is 4.04. The zero-order valence-corrected chi connectivity index (χ0v) is 12.5. The van der Waals surface area contributed by atoms with Crippen molar-refractivity contribution in [2.24, 2.45) is 0 Å². The molecular formula is C18H17BFN. The van der Waals surface area contributed by atoms with E-state index < -0.39 is 0 Å². The van der Waals surface area contributed by atoms with Crippen LogP contribution in [0.15, 0.2) is 48.5 Å². The number of aryl methyl sites for hydroxylation is 1. The SMILES string of the molecule is BC(C)c1nc2ccc(F)cc2c(C)c1-c1ccccc1. The Morgan fingerprint density at radius 2 is 1.81 bits per heavy atom. The summed E-state index contributed by atoms with van der Waals surface area (Å²) < 4.78 is 13.6. The second kappa shape index (κ2) is 5.32. The van der Waals surface area contributed by atoms with Gasteiger partial charge < -0.3 is 0 Å². The van der Waals surface area contributed by atoms with Gasteiger partial charge in [-0.2, -0.15) is 0 Å². The van der Waals surface area contributed by atoms with Gasteiger partial charge in [0.2, 0.25) is 0 Å². The van der Waals surface area contributed by atoms with Crippen LogP contribution in [0.4, 0.5) is 4.39 Å². The largest absolute Gasteiger partial charge is 0.253 e. The molecule has 0 aliphatic heterocycles. The molecule has 1 nitrogen and oxygen atoms in total. The lowest BCUT2D eigenvalue weighted by Gasteiger charge is -2.17. The molecule has 0 amide bonds. The van der Waals surface area contributed by atoms with E-state index in [-0.39, 0.29) is 5.82 Å². The number of benzene rings is 2. The fourth-order valence-corrected chi connectivity index (χ4v) is 2.81. The Morgan fingerprint density at radius 3 is 2.48 bits per heavy atom. The number of fused-ring (bicyclic) bond motifs is 1. The lowest BCUT2D eigenvalue weighted by Crippen LogP contribution is -2.03. The number of aromatic nitrogens is 1. The molecule has 0 saturated heterocycles. The van der Waals surface area contributed by atoms with Crippen LogP contribution in [0.5, 0.6) is 0 Å². The normalized spacial score (nSPS) is 12.5. The third-order valence-corrected chi connectivity index (χ3v) is 3.84. The second-order valence-electron chi connectivity index (χ2n) is 5.68. The molecule has 21 heavy (non-hydrogen) atoms. The van der Waals surface area contributed by atoms with Crippen LogP contribution in [0.1, 0.15) is 24.0 Å². The zero-order chi connectivity index (χ0) is 15.0. The number of hydrogen-bond donors (Lipinski definition) is 0. The van der Waals surface area contributed by atoms with Crippen LogP contribution in [0.25, 0.3) is 22.0 Å². The maximum atomic E-state index is 13.6. The summed E-state index contributed by atoms with van der Waals surface area (Å²) in [5, 5.41) is 0.887. The van der Waals surface area contributed by atoms with Gasteiger partial charge in [-0.25, -0.2) is 4.39 Å². The number of rotatable bonds is 2. The molecule has 104 valence electrons. The Morgan fingerprint density at radius 1 is 1.10 bits per heavy atom. The first kappa shape index (κ1) is 13.8. The van der Waals surface area contributed by atoms with Crippen molar-refractivity contribution < 1.29 is 4.39 Å². The Hall–Kier alpha value is -2.16. The van der Waals surface area contributed by atoms with E-state index in [4.69, 9.17) is 4.98 Å². The van der Waals surface area contributed by atoms with E-state index in [1.807, 2.05) is 18.2 Å². The Kier molecular flexibility index (Phi) is 3.50. The monoisotopic (exact) mass is 277 g/mol. The van der Waals surface area contributed by atoms with Gasteiger partial charge in [0.25, 0.3) is 0 Å². The molecular weight excluding hydrogens is 260 g/mol. The van der Waals surface area contributed by atoms with Crippen LogP contribution in [0.2, 0.25) is 0 Å². The molecule has 2 aromatic carbocycles. The maximum absolute atomic E-state index is 13.6. The van der Waals surface area contributed by atoms with E-state index in [0.717, 1.165) is 33.3 Å². The molecule has 3 aromatic rings. The van der Waals surface area contributed by atoms with Crippen molar-refractivity contribution in [3.8, 4) is 11.1 Å². The van der Waals surface area contributed by atoms with E-state index >= 15 is 0 Å². The first-order valence-corrected chi connectivity index (χ1v) is 7.23. The molecule has 3 rings (SSSR count). The third-order valence-electron chi connectivity index (χ3n) is 3.84. The molecule has 0 bridgehead atoms. The summed E-state index contributed by atoms with van der Waals surface area (Å²) in [6.45, 7) is 4.20. The third kappa shape index (κ3) is 2.44. The molecule has 1 unspecified atom stereocenters. The van der Waals surface area contributed by atoms with Crippen molar-refractivity contribution >= 4 is 18.7 Å². The van der Waals surface area contributed by atoms with Crippen LogP contribution in [-0.4, -0.2) is 12.8 Å². The van der Waals surface area contributed by atoms with Gasteiger partial charge in [-0.15, -0.1) is 0 Å². The standard InChI is InChI=1S/C18H17BFN/c1-11-15-10-14(20)8-9-16(15)21-18(12(2)19)17(11)13-6-4-3-5-7-13/h3-10,12H,19H2,1-2H3. The topological polar surface area (TPSA) is 12.9 Å². The average molecular weight is 277 g/mol.